The number of rotatable bonds is 2. The lowest BCUT2D eigenvalue weighted by Crippen LogP contribution is -2.29. The first-order valence-corrected chi connectivity index (χ1v) is 7.26. The summed E-state index contributed by atoms with van der Waals surface area (Å²) in [4.78, 5) is 18.6. The minimum Gasteiger partial charge on any atom is -0.333 e. The van der Waals surface area contributed by atoms with E-state index in [1.807, 2.05) is 30.0 Å². The molecule has 1 amide bonds. The van der Waals surface area contributed by atoms with Gasteiger partial charge < -0.3 is 4.90 Å². The molecule has 1 saturated heterocycles. The van der Waals surface area contributed by atoms with Gasteiger partial charge in [-0.1, -0.05) is 19.1 Å². The number of likely N-dealkylation sites (tertiary alicyclic amines) is 1. The van der Waals surface area contributed by atoms with Crippen molar-refractivity contribution < 1.29 is 4.79 Å². The lowest BCUT2D eigenvalue weighted by atomic mass is 10.2. The number of amides is 1. The molecule has 1 aliphatic heterocycles. The molecule has 0 N–H and O–H groups in total. The highest BCUT2D eigenvalue weighted by atomic mass is 32.1. The summed E-state index contributed by atoms with van der Waals surface area (Å²) < 4.78 is 1.21. The second-order valence-corrected chi connectivity index (χ2v) is 5.68. The Morgan fingerprint density at radius 1 is 1.50 bits per heavy atom. The van der Waals surface area contributed by atoms with Crippen LogP contribution >= 0.6 is 11.3 Å². The first-order chi connectivity index (χ1) is 8.79. The number of aromatic nitrogens is 1. The number of fused-ring (bicyclic) bond motifs is 1. The highest BCUT2D eigenvalue weighted by Gasteiger charge is 2.31. The van der Waals surface area contributed by atoms with Gasteiger partial charge in [0.2, 0.25) is 5.91 Å². The van der Waals surface area contributed by atoms with E-state index in [0.29, 0.717) is 6.42 Å². The second-order valence-electron chi connectivity index (χ2n) is 4.62. The first kappa shape index (κ1) is 11.7. The maximum atomic E-state index is 11.9. The molecule has 0 aliphatic carbocycles. The third-order valence-electron chi connectivity index (χ3n) is 3.47. The predicted octanol–water partition coefficient (Wildman–Crippen LogP) is 3.37. The van der Waals surface area contributed by atoms with Crippen LogP contribution < -0.4 is 0 Å². The maximum absolute atomic E-state index is 11.9. The van der Waals surface area contributed by atoms with Crippen LogP contribution in [0.4, 0.5) is 0 Å². The van der Waals surface area contributed by atoms with E-state index in [9.17, 15) is 4.79 Å². The highest BCUT2D eigenvalue weighted by Crippen LogP contribution is 2.36. The summed E-state index contributed by atoms with van der Waals surface area (Å²) in [6.07, 6.45) is 2.72. The first-order valence-electron chi connectivity index (χ1n) is 6.44. The van der Waals surface area contributed by atoms with Gasteiger partial charge in [0.05, 0.1) is 16.3 Å². The minimum absolute atomic E-state index is 0.204. The average Bonchev–Trinajstić information content (AvgIpc) is 3.03. The van der Waals surface area contributed by atoms with Gasteiger partial charge in [-0.25, -0.2) is 4.98 Å². The van der Waals surface area contributed by atoms with Crippen LogP contribution in [0.3, 0.4) is 0 Å². The Bertz CT molecular complexity index is 545. The van der Waals surface area contributed by atoms with Gasteiger partial charge in [-0.15, -0.1) is 11.3 Å². The van der Waals surface area contributed by atoms with Crippen LogP contribution in [0.25, 0.3) is 10.2 Å². The predicted molar refractivity (Wildman–Crippen MR) is 73.6 cm³/mol. The zero-order valence-electron chi connectivity index (χ0n) is 10.4. The Labute approximate surface area is 110 Å². The molecular formula is C14H16N2OS. The van der Waals surface area contributed by atoms with Crippen molar-refractivity contribution in [3.05, 3.63) is 29.3 Å². The zero-order chi connectivity index (χ0) is 12.5. The summed E-state index contributed by atoms with van der Waals surface area (Å²) in [5.41, 5.74) is 1.05. The summed E-state index contributed by atoms with van der Waals surface area (Å²) in [5.74, 6) is 0.247. The van der Waals surface area contributed by atoms with Crippen molar-refractivity contribution in [1.29, 1.82) is 0 Å². The van der Waals surface area contributed by atoms with Crippen LogP contribution in [0.5, 0.6) is 0 Å². The summed E-state index contributed by atoms with van der Waals surface area (Å²) in [5, 5.41) is 1.09. The quantitative estimate of drug-likeness (QED) is 0.829. The molecule has 2 heterocycles. The smallest absolute Gasteiger partial charge is 0.222 e. The van der Waals surface area contributed by atoms with Crippen LogP contribution in [0.2, 0.25) is 0 Å². The Hall–Kier alpha value is -1.42. The summed E-state index contributed by atoms with van der Waals surface area (Å²) in [7, 11) is 0. The molecule has 94 valence electrons. The van der Waals surface area contributed by atoms with Gasteiger partial charge in [-0.05, 0) is 25.0 Å². The van der Waals surface area contributed by atoms with Gasteiger partial charge in [0, 0.05) is 13.0 Å². The maximum Gasteiger partial charge on any atom is 0.222 e. The van der Waals surface area contributed by atoms with Gasteiger partial charge >= 0.3 is 0 Å². The molecule has 4 heteroatoms. The molecule has 1 aromatic heterocycles. The van der Waals surface area contributed by atoms with E-state index in [4.69, 9.17) is 0 Å². The fraction of sp³-hybridized carbons (Fsp3) is 0.429. The molecule has 0 spiro atoms. The van der Waals surface area contributed by atoms with Crippen LogP contribution in [0.1, 0.15) is 37.2 Å². The molecule has 1 fully saturated rings. The second kappa shape index (κ2) is 4.69. The fourth-order valence-electron chi connectivity index (χ4n) is 2.56. The molecular weight excluding hydrogens is 244 g/mol. The zero-order valence-corrected chi connectivity index (χ0v) is 11.2. The van der Waals surface area contributed by atoms with E-state index in [1.54, 1.807) is 11.3 Å². The Morgan fingerprint density at radius 3 is 3.11 bits per heavy atom. The topological polar surface area (TPSA) is 33.2 Å². The Kier molecular flexibility index (Phi) is 3.04. The van der Waals surface area contributed by atoms with Gasteiger partial charge in [0.15, 0.2) is 0 Å². The van der Waals surface area contributed by atoms with E-state index >= 15 is 0 Å². The number of para-hydroxylation sites is 1. The van der Waals surface area contributed by atoms with Gasteiger partial charge in [-0.3, -0.25) is 4.79 Å². The molecule has 1 aromatic carbocycles. The standard InChI is InChI=1S/C14H16N2OS/c1-2-13(17)16-9-5-7-11(16)14-15-10-6-3-4-8-12(10)18-14/h3-4,6,8,11H,2,5,7,9H2,1H3/t11-/m1/s1. The average molecular weight is 260 g/mol. The number of carbonyl (C=O) groups is 1. The molecule has 0 radical (unpaired) electrons. The fourth-order valence-corrected chi connectivity index (χ4v) is 3.67. The SMILES string of the molecule is CCC(=O)N1CCC[C@@H]1c1nc2ccccc2s1. The number of thiazole rings is 1. The third-order valence-corrected chi connectivity index (χ3v) is 4.61. The van der Waals surface area contributed by atoms with Crippen molar-refractivity contribution in [3.63, 3.8) is 0 Å². The van der Waals surface area contributed by atoms with E-state index in [0.717, 1.165) is 29.9 Å². The van der Waals surface area contributed by atoms with Crippen molar-refractivity contribution in [2.75, 3.05) is 6.54 Å². The Balaban J connectivity index is 1.95. The number of nitrogens with zero attached hydrogens (tertiary/aromatic N) is 2. The van der Waals surface area contributed by atoms with E-state index in [-0.39, 0.29) is 11.9 Å². The molecule has 3 nitrogen and oxygen atoms in total. The minimum atomic E-state index is 0.204. The van der Waals surface area contributed by atoms with Crippen LogP contribution in [0, 0.1) is 0 Å². The molecule has 18 heavy (non-hydrogen) atoms. The van der Waals surface area contributed by atoms with Crippen LogP contribution in [-0.4, -0.2) is 22.3 Å². The molecule has 2 aromatic rings. The van der Waals surface area contributed by atoms with Gasteiger partial charge in [-0.2, -0.15) is 0 Å². The van der Waals surface area contributed by atoms with Crippen molar-refractivity contribution in [1.82, 2.24) is 9.88 Å². The van der Waals surface area contributed by atoms with Crippen LogP contribution in [0.15, 0.2) is 24.3 Å². The van der Waals surface area contributed by atoms with Crippen LogP contribution in [-0.2, 0) is 4.79 Å². The van der Waals surface area contributed by atoms with Crippen molar-refractivity contribution >= 4 is 27.5 Å². The van der Waals surface area contributed by atoms with Crippen molar-refractivity contribution in [3.8, 4) is 0 Å². The lowest BCUT2D eigenvalue weighted by molar-refractivity contribution is -0.131. The van der Waals surface area contributed by atoms with Gasteiger partial charge in [0.25, 0.3) is 0 Å². The summed E-state index contributed by atoms with van der Waals surface area (Å²) in [6, 6.07) is 8.38. The Morgan fingerprint density at radius 2 is 2.33 bits per heavy atom. The molecule has 0 bridgehead atoms. The van der Waals surface area contributed by atoms with E-state index in [2.05, 4.69) is 11.1 Å². The third kappa shape index (κ3) is 1.90. The van der Waals surface area contributed by atoms with Gasteiger partial charge in [0.1, 0.15) is 5.01 Å². The van der Waals surface area contributed by atoms with E-state index < -0.39 is 0 Å². The van der Waals surface area contributed by atoms with E-state index in [1.165, 1.54) is 4.70 Å². The largest absolute Gasteiger partial charge is 0.333 e. The lowest BCUT2D eigenvalue weighted by Gasteiger charge is -2.22. The molecule has 3 rings (SSSR count). The molecule has 1 aliphatic rings. The normalized spacial score (nSPS) is 19.6. The molecule has 0 unspecified atom stereocenters. The molecule has 0 saturated carbocycles. The number of carbonyl (C=O) groups excluding carboxylic acids is 1. The van der Waals surface area contributed by atoms with Crippen molar-refractivity contribution in [2.24, 2.45) is 0 Å². The summed E-state index contributed by atoms with van der Waals surface area (Å²) in [6.45, 7) is 2.81. The molecule has 1 atom stereocenters. The number of hydrogen-bond donors (Lipinski definition) is 0. The summed E-state index contributed by atoms with van der Waals surface area (Å²) >= 11 is 1.72. The number of benzene rings is 1. The monoisotopic (exact) mass is 260 g/mol. The van der Waals surface area contributed by atoms with Crippen molar-refractivity contribution in [2.45, 2.75) is 32.2 Å². The highest BCUT2D eigenvalue weighted by molar-refractivity contribution is 7.18. The number of hydrogen-bond acceptors (Lipinski definition) is 3.